The molecule has 162 valence electrons. The minimum absolute atomic E-state index is 0.0250. The fourth-order valence-electron chi connectivity index (χ4n) is 2.48. The van der Waals surface area contributed by atoms with Crippen LogP contribution < -0.4 is 10.2 Å². The second kappa shape index (κ2) is 11.2. The first kappa shape index (κ1) is 24.9. The largest absolute Gasteiger partial charge is 0.469 e. The van der Waals surface area contributed by atoms with E-state index in [-0.39, 0.29) is 25.3 Å². The van der Waals surface area contributed by atoms with Crippen LogP contribution in [0.3, 0.4) is 0 Å². The van der Waals surface area contributed by atoms with Gasteiger partial charge in [-0.3, -0.25) is 29.5 Å². The van der Waals surface area contributed by atoms with Crippen LogP contribution in [0, 0.1) is 20.2 Å². The molecule has 29 heavy (non-hydrogen) atoms. The molecule has 0 aliphatic carbocycles. The standard InChI is InChI=1S/C14H20BrN4O9P/c1-2-17(8-6-15)11-5-4-10(18(21)22)12(13(11)19(23)24)14(20)16-7-3-9-28-29(25,26)27/h4-5H,2-3,6-9H2,1H3,(H,16,20)(H2,25,26,27). The van der Waals surface area contributed by atoms with Crippen LogP contribution in [0.25, 0.3) is 0 Å². The maximum absolute atomic E-state index is 12.5. The van der Waals surface area contributed by atoms with E-state index < -0.39 is 40.5 Å². The van der Waals surface area contributed by atoms with Gasteiger partial charge in [0.1, 0.15) is 5.69 Å². The summed E-state index contributed by atoms with van der Waals surface area (Å²) >= 11 is 3.23. The molecular weight excluding hydrogens is 479 g/mol. The number of nitrogens with one attached hydrogen (secondary N) is 1. The summed E-state index contributed by atoms with van der Waals surface area (Å²) in [5.74, 6) is -1.05. The molecule has 0 heterocycles. The Morgan fingerprint density at radius 1 is 1.31 bits per heavy atom. The van der Waals surface area contributed by atoms with Gasteiger partial charge in [0.25, 0.3) is 11.6 Å². The number of nitro groups is 2. The summed E-state index contributed by atoms with van der Waals surface area (Å²) in [6.07, 6.45) is -0.0250. The zero-order valence-corrected chi connectivity index (χ0v) is 17.8. The minimum Gasteiger partial charge on any atom is -0.365 e. The van der Waals surface area contributed by atoms with Crippen molar-refractivity contribution in [2.45, 2.75) is 13.3 Å². The lowest BCUT2D eigenvalue weighted by Gasteiger charge is -2.22. The van der Waals surface area contributed by atoms with Gasteiger partial charge in [-0.25, -0.2) is 4.57 Å². The zero-order chi connectivity index (χ0) is 22.2. The lowest BCUT2D eigenvalue weighted by molar-refractivity contribution is -0.394. The van der Waals surface area contributed by atoms with Crippen LogP contribution in [0.15, 0.2) is 12.1 Å². The number of benzene rings is 1. The molecule has 0 aliphatic heterocycles. The first-order chi connectivity index (χ1) is 13.5. The number of amides is 1. The van der Waals surface area contributed by atoms with Crippen molar-refractivity contribution >= 4 is 46.7 Å². The topological polar surface area (TPSA) is 185 Å². The molecule has 1 amide bonds. The van der Waals surface area contributed by atoms with Gasteiger partial charge in [-0.05, 0) is 19.4 Å². The monoisotopic (exact) mass is 498 g/mol. The Morgan fingerprint density at radius 3 is 2.45 bits per heavy atom. The summed E-state index contributed by atoms with van der Waals surface area (Å²) in [6.45, 7) is 1.93. The van der Waals surface area contributed by atoms with Crippen LogP contribution in [0.1, 0.15) is 23.7 Å². The molecule has 0 bridgehead atoms. The average molecular weight is 499 g/mol. The van der Waals surface area contributed by atoms with E-state index >= 15 is 0 Å². The number of rotatable bonds is 12. The SMILES string of the molecule is CCN(CCBr)c1ccc([N+](=O)[O-])c(C(=O)NCCCOP(=O)(O)O)c1[N+](=O)[O-]. The Hall–Kier alpha value is -2.12. The van der Waals surface area contributed by atoms with Crippen molar-refractivity contribution in [1.82, 2.24) is 5.32 Å². The van der Waals surface area contributed by atoms with Crippen molar-refractivity contribution in [3.63, 3.8) is 0 Å². The number of halogens is 1. The molecule has 0 atom stereocenters. The van der Waals surface area contributed by atoms with Crippen molar-refractivity contribution in [1.29, 1.82) is 0 Å². The van der Waals surface area contributed by atoms with Gasteiger partial charge >= 0.3 is 13.5 Å². The number of hydrogen-bond donors (Lipinski definition) is 3. The van der Waals surface area contributed by atoms with Crippen LogP contribution in [0.2, 0.25) is 0 Å². The molecule has 15 heteroatoms. The number of alkyl halides is 1. The van der Waals surface area contributed by atoms with Gasteiger partial charge in [0.2, 0.25) is 0 Å². The third-order valence-electron chi connectivity index (χ3n) is 3.68. The van der Waals surface area contributed by atoms with Crippen molar-refractivity contribution < 1.29 is 33.5 Å². The Bertz CT molecular complexity index is 817. The fourth-order valence-corrected chi connectivity index (χ4v) is 3.28. The Morgan fingerprint density at radius 2 is 1.97 bits per heavy atom. The molecule has 0 aromatic heterocycles. The summed E-state index contributed by atoms with van der Waals surface area (Å²) < 4.78 is 14.8. The number of hydrogen-bond acceptors (Lipinski definition) is 8. The summed E-state index contributed by atoms with van der Waals surface area (Å²) in [5.41, 5.74) is -2.04. The molecule has 0 radical (unpaired) electrons. The smallest absolute Gasteiger partial charge is 0.365 e. The number of nitrogens with zero attached hydrogens (tertiary/aromatic N) is 3. The van der Waals surface area contributed by atoms with Crippen molar-refractivity contribution in [2.75, 3.05) is 36.5 Å². The van der Waals surface area contributed by atoms with Crippen molar-refractivity contribution in [3.8, 4) is 0 Å². The number of carbonyl (C=O) groups is 1. The summed E-state index contributed by atoms with van der Waals surface area (Å²) in [4.78, 5) is 52.6. The van der Waals surface area contributed by atoms with E-state index in [0.717, 1.165) is 6.07 Å². The van der Waals surface area contributed by atoms with Crippen LogP contribution in [-0.4, -0.2) is 57.1 Å². The van der Waals surface area contributed by atoms with E-state index in [2.05, 4.69) is 25.8 Å². The highest BCUT2D eigenvalue weighted by Gasteiger charge is 2.35. The third kappa shape index (κ3) is 7.33. The van der Waals surface area contributed by atoms with Crippen molar-refractivity contribution in [3.05, 3.63) is 37.9 Å². The van der Waals surface area contributed by atoms with E-state index in [1.807, 2.05) is 0 Å². The van der Waals surface area contributed by atoms with E-state index in [4.69, 9.17) is 9.79 Å². The lowest BCUT2D eigenvalue weighted by atomic mass is 10.1. The first-order valence-electron chi connectivity index (χ1n) is 8.28. The van der Waals surface area contributed by atoms with Gasteiger partial charge in [0, 0.05) is 31.0 Å². The van der Waals surface area contributed by atoms with E-state index in [1.54, 1.807) is 11.8 Å². The van der Waals surface area contributed by atoms with Gasteiger partial charge in [-0.1, -0.05) is 15.9 Å². The first-order valence-corrected chi connectivity index (χ1v) is 10.9. The van der Waals surface area contributed by atoms with Gasteiger partial charge < -0.3 is 20.0 Å². The maximum Gasteiger partial charge on any atom is 0.469 e. The molecule has 0 saturated carbocycles. The van der Waals surface area contributed by atoms with Gasteiger partial charge in [-0.15, -0.1) is 0 Å². The average Bonchev–Trinajstić information content (AvgIpc) is 2.63. The Balaban J connectivity index is 3.23. The van der Waals surface area contributed by atoms with E-state index in [1.165, 1.54) is 6.07 Å². The van der Waals surface area contributed by atoms with E-state index in [9.17, 15) is 29.6 Å². The summed E-state index contributed by atoms with van der Waals surface area (Å²) in [7, 11) is -4.66. The number of nitro benzene ring substituents is 2. The number of phosphoric acid groups is 1. The molecule has 1 aromatic carbocycles. The molecule has 13 nitrogen and oxygen atoms in total. The molecule has 0 unspecified atom stereocenters. The highest BCUT2D eigenvalue weighted by Crippen LogP contribution is 2.38. The third-order valence-corrected chi connectivity index (χ3v) is 4.56. The molecule has 0 saturated heterocycles. The Kier molecular flexibility index (Phi) is 9.59. The number of anilines is 1. The molecule has 1 aromatic rings. The second-order valence-electron chi connectivity index (χ2n) is 5.54. The summed E-state index contributed by atoms with van der Waals surface area (Å²) in [6, 6.07) is 2.26. The highest BCUT2D eigenvalue weighted by molar-refractivity contribution is 9.09. The van der Waals surface area contributed by atoms with Gasteiger partial charge in [-0.2, -0.15) is 0 Å². The van der Waals surface area contributed by atoms with Gasteiger partial charge in [0.05, 0.1) is 16.5 Å². The molecule has 0 fully saturated rings. The summed E-state index contributed by atoms with van der Waals surface area (Å²) in [5, 5.41) is 25.8. The van der Waals surface area contributed by atoms with Crippen LogP contribution in [-0.2, 0) is 9.09 Å². The number of carbonyl (C=O) groups excluding carboxylic acids is 1. The van der Waals surface area contributed by atoms with Crippen LogP contribution in [0.4, 0.5) is 17.1 Å². The number of phosphoric ester groups is 1. The quantitative estimate of drug-likeness (QED) is 0.126. The molecule has 1 rings (SSSR count). The molecule has 0 aliphatic rings. The second-order valence-corrected chi connectivity index (χ2v) is 7.58. The van der Waals surface area contributed by atoms with Crippen LogP contribution >= 0.6 is 23.8 Å². The van der Waals surface area contributed by atoms with E-state index in [0.29, 0.717) is 18.4 Å². The lowest BCUT2D eigenvalue weighted by Crippen LogP contribution is -2.29. The fraction of sp³-hybridized carbons (Fsp3) is 0.500. The minimum atomic E-state index is -4.66. The predicted molar refractivity (Wildman–Crippen MR) is 106 cm³/mol. The molecule has 3 N–H and O–H groups in total. The van der Waals surface area contributed by atoms with Gasteiger partial charge in [0.15, 0.2) is 5.56 Å². The molecule has 0 spiro atoms. The van der Waals surface area contributed by atoms with Crippen molar-refractivity contribution in [2.24, 2.45) is 0 Å². The normalized spacial score (nSPS) is 11.2. The van der Waals surface area contributed by atoms with Crippen LogP contribution in [0.5, 0.6) is 0 Å². The predicted octanol–water partition coefficient (Wildman–Crippen LogP) is 1.95. The molecular formula is C14H20BrN4O9P. The maximum atomic E-state index is 12.5. The Labute approximate surface area is 173 Å². The highest BCUT2D eigenvalue weighted by atomic mass is 79.9. The zero-order valence-electron chi connectivity index (χ0n) is 15.3.